The van der Waals surface area contributed by atoms with Crippen molar-refractivity contribution in [3.63, 3.8) is 0 Å². The van der Waals surface area contributed by atoms with Crippen molar-refractivity contribution in [1.82, 2.24) is 10.3 Å². The maximum atomic E-state index is 11.6. The monoisotopic (exact) mass is 228 g/mol. The van der Waals surface area contributed by atoms with E-state index in [1.165, 1.54) is 0 Å². The summed E-state index contributed by atoms with van der Waals surface area (Å²) < 4.78 is 4.89. The highest BCUT2D eigenvalue weighted by Crippen LogP contribution is 2.15. The molecule has 1 N–H and O–H groups in total. The Hall–Kier alpha value is -0.940. The molecule has 1 aromatic rings. The average Bonchev–Trinajstić information content (AvgIpc) is 2.52. The highest BCUT2D eigenvalue weighted by Gasteiger charge is 2.12. The van der Waals surface area contributed by atoms with Gasteiger partial charge in [0, 0.05) is 25.1 Å². The summed E-state index contributed by atoms with van der Waals surface area (Å²) in [6.45, 7) is 5.10. The van der Waals surface area contributed by atoms with Crippen molar-refractivity contribution in [3.8, 4) is 0 Å². The molecule has 15 heavy (non-hydrogen) atoms. The quantitative estimate of drug-likeness (QED) is 0.777. The Morgan fingerprint density at radius 3 is 2.80 bits per heavy atom. The molecule has 0 saturated heterocycles. The Balaban J connectivity index is 2.43. The van der Waals surface area contributed by atoms with Crippen molar-refractivity contribution in [2.75, 3.05) is 20.3 Å². The minimum atomic E-state index is -0.0899. The lowest BCUT2D eigenvalue weighted by Gasteiger charge is -2.02. The second-order valence-corrected chi connectivity index (χ2v) is 4.65. The van der Waals surface area contributed by atoms with E-state index >= 15 is 0 Å². The van der Waals surface area contributed by atoms with Crippen LogP contribution in [0, 0.1) is 13.8 Å². The fraction of sp³-hybridized carbons (Fsp3) is 0.600. The lowest BCUT2D eigenvalue weighted by molar-refractivity contribution is 0.0943. The van der Waals surface area contributed by atoms with Crippen molar-refractivity contribution < 1.29 is 9.53 Å². The van der Waals surface area contributed by atoms with E-state index in [-0.39, 0.29) is 5.91 Å². The van der Waals surface area contributed by atoms with Crippen LogP contribution in [0.3, 0.4) is 0 Å². The van der Waals surface area contributed by atoms with E-state index in [9.17, 15) is 4.79 Å². The van der Waals surface area contributed by atoms with Crippen LogP contribution >= 0.6 is 11.3 Å². The Bertz CT molecular complexity index is 336. The molecule has 0 bridgehead atoms. The van der Waals surface area contributed by atoms with Crippen molar-refractivity contribution >= 4 is 17.2 Å². The normalized spacial score (nSPS) is 10.3. The van der Waals surface area contributed by atoms with Crippen molar-refractivity contribution in [2.24, 2.45) is 0 Å². The molecule has 84 valence electrons. The van der Waals surface area contributed by atoms with E-state index in [1.54, 1.807) is 18.4 Å². The molecule has 0 aliphatic heterocycles. The minimum Gasteiger partial charge on any atom is -0.385 e. The van der Waals surface area contributed by atoms with Crippen LogP contribution in [0.5, 0.6) is 0 Å². The van der Waals surface area contributed by atoms with Crippen molar-refractivity contribution in [3.05, 3.63) is 15.6 Å². The molecule has 0 unspecified atom stereocenters. The molecule has 1 rings (SSSR count). The van der Waals surface area contributed by atoms with Crippen LogP contribution in [-0.2, 0) is 4.74 Å². The molecular weight excluding hydrogens is 212 g/mol. The third-order valence-electron chi connectivity index (χ3n) is 1.93. The van der Waals surface area contributed by atoms with E-state index in [4.69, 9.17) is 4.74 Å². The Labute approximate surface area is 93.7 Å². The van der Waals surface area contributed by atoms with Gasteiger partial charge in [-0.1, -0.05) is 0 Å². The van der Waals surface area contributed by atoms with E-state index in [1.807, 2.05) is 13.8 Å². The Kier molecular flexibility index (Phi) is 4.71. The highest BCUT2D eigenvalue weighted by atomic mass is 32.1. The molecule has 0 fully saturated rings. The molecule has 0 saturated carbocycles. The van der Waals surface area contributed by atoms with Crippen LogP contribution in [0.25, 0.3) is 0 Å². The summed E-state index contributed by atoms with van der Waals surface area (Å²) in [5, 5.41) is 3.74. The van der Waals surface area contributed by atoms with Crippen molar-refractivity contribution in [1.29, 1.82) is 0 Å². The third-order valence-corrected chi connectivity index (χ3v) is 2.82. The van der Waals surface area contributed by atoms with Crippen LogP contribution in [-0.4, -0.2) is 31.2 Å². The number of rotatable bonds is 5. The van der Waals surface area contributed by atoms with Gasteiger partial charge in [0.2, 0.25) is 0 Å². The van der Waals surface area contributed by atoms with Gasteiger partial charge in [-0.3, -0.25) is 4.79 Å². The molecule has 1 aromatic heterocycles. The maximum absolute atomic E-state index is 11.6. The first-order valence-corrected chi connectivity index (χ1v) is 5.68. The number of aryl methyl sites for hydroxylation is 2. The SMILES string of the molecule is COCCCNC(=O)c1nc(C)sc1C. The second-order valence-electron chi connectivity index (χ2n) is 3.24. The van der Waals surface area contributed by atoms with Gasteiger partial charge in [-0.15, -0.1) is 11.3 Å². The van der Waals surface area contributed by atoms with E-state index < -0.39 is 0 Å². The summed E-state index contributed by atoms with van der Waals surface area (Å²) in [4.78, 5) is 16.8. The number of methoxy groups -OCH3 is 1. The van der Waals surface area contributed by atoms with Gasteiger partial charge in [0.25, 0.3) is 5.91 Å². The topological polar surface area (TPSA) is 51.2 Å². The molecule has 0 aliphatic rings. The highest BCUT2D eigenvalue weighted by molar-refractivity contribution is 7.11. The third kappa shape index (κ3) is 3.60. The molecule has 0 radical (unpaired) electrons. The predicted octanol–water partition coefficient (Wildman–Crippen LogP) is 1.53. The lowest BCUT2D eigenvalue weighted by atomic mass is 10.3. The maximum Gasteiger partial charge on any atom is 0.271 e. The molecule has 0 aliphatic carbocycles. The van der Waals surface area contributed by atoms with E-state index in [0.717, 1.165) is 16.3 Å². The summed E-state index contributed by atoms with van der Waals surface area (Å²) in [6, 6.07) is 0. The fourth-order valence-corrected chi connectivity index (χ4v) is 2.06. The number of carbonyl (C=O) groups is 1. The fourth-order valence-electron chi connectivity index (χ4n) is 1.24. The number of amides is 1. The van der Waals surface area contributed by atoms with Gasteiger partial charge < -0.3 is 10.1 Å². The predicted molar refractivity (Wildman–Crippen MR) is 60.4 cm³/mol. The van der Waals surface area contributed by atoms with Gasteiger partial charge in [-0.2, -0.15) is 0 Å². The largest absolute Gasteiger partial charge is 0.385 e. The zero-order valence-electron chi connectivity index (χ0n) is 9.29. The first kappa shape index (κ1) is 12.1. The van der Waals surface area contributed by atoms with Gasteiger partial charge >= 0.3 is 0 Å². The lowest BCUT2D eigenvalue weighted by Crippen LogP contribution is -2.26. The van der Waals surface area contributed by atoms with E-state index in [0.29, 0.717) is 18.8 Å². The van der Waals surface area contributed by atoms with Crippen molar-refractivity contribution in [2.45, 2.75) is 20.3 Å². The summed E-state index contributed by atoms with van der Waals surface area (Å²) in [5.41, 5.74) is 0.551. The van der Waals surface area contributed by atoms with Gasteiger partial charge in [-0.25, -0.2) is 4.98 Å². The van der Waals surface area contributed by atoms with Gasteiger partial charge in [-0.05, 0) is 20.3 Å². The zero-order chi connectivity index (χ0) is 11.3. The molecule has 0 spiro atoms. The first-order valence-electron chi connectivity index (χ1n) is 4.86. The van der Waals surface area contributed by atoms with Crippen LogP contribution in [0.15, 0.2) is 0 Å². The van der Waals surface area contributed by atoms with Gasteiger partial charge in [0.05, 0.1) is 5.01 Å². The zero-order valence-corrected chi connectivity index (χ0v) is 10.1. The number of nitrogens with zero attached hydrogens (tertiary/aromatic N) is 1. The molecule has 0 atom stereocenters. The molecule has 0 aromatic carbocycles. The van der Waals surface area contributed by atoms with Crippen LogP contribution in [0.1, 0.15) is 26.8 Å². The second kappa shape index (κ2) is 5.82. The van der Waals surface area contributed by atoms with Crippen LogP contribution in [0.2, 0.25) is 0 Å². The Morgan fingerprint density at radius 1 is 1.53 bits per heavy atom. The summed E-state index contributed by atoms with van der Waals surface area (Å²) >= 11 is 1.54. The standard InChI is InChI=1S/C10H16N2O2S/c1-7-9(12-8(2)15-7)10(13)11-5-4-6-14-3/h4-6H2,1-3H3,(H,11,13). The number of hydrogen-bond acceptors (Lipinski definition) is 4. The van der Waals surface area contributed by atoms with Crippen LogP contribution in [0.4, 0.5) is 0 Å². The van der Waals surface area contributed by atoms with Gasteiger partial charge in [0.1, 0.15) is 5.69 Å². The Morgan fingerprint density at radius 2 is 2.27 bits per heavy atom. The number of aromatic nitrogens is 1. The number of ether oxygens (including phenoxy) is 1. The van der Waals surface area contributed by atoms with Gasteiger partial charge in [0.15, 0.2) is 0 Å². The molecule has 1 heterocycles. The average molecular weight is 228 g/mol. The van der Waals surface area contributed by atoms with E-state index in [2.05, 4.69) is 10.3 Å². The summed E-state index contributed by atoms with van der Waals surface area (Å²) in [7, 11) is 1.65. The summed E-state index contributed by atoms with van der Waals surface area (Å²) in [5.74, 6) is -0.0899. The first-order chi connectivity index (χ1) is 7.15. The number of nitrogens with one attached hydrogen (secondary N) is 1. The minimum absolute atomic E-state index is 0.0899. The molecular formula is C10H16N2O2S. The number of thiazole rings is 1. The number of carbonyl (C=O) groups excluding carboxylic acids is 1. The smallest absolute Gasteiger partial charge is 0.271 e. The molecule has 1 amide bonds. The number of hydrogen-bond donors (Lipinski definition) is 1. The molecule has 5 heteroatoms. The summed E-state index contributed by atoms with van der Waals surface area (Å²) in [6.07, 6.45) is 0.824. The van der Waals surface area contributed by atoms with Crippen LogP contribution < -0.4 is 5.32 Å². The molecule has 4 nitrogen and oxygen atoms in total.